The third-order valence-electron chi connectivity index (χ3n) is 6.78. The van der Waals surface area contributed by atoms with Gasteiger partial charge >= 0.3 is 0 Å². The molecule has 6 nitrogen and oxygen atoms in total. The molecule has 1 atom stereocenters. The Morgan fingerprint density at radius 1 is 1.17 bits per heavy atom. The summed E-state index contributed by atoms with van der Waals surface area (Å²) in [7, 11) is 0. The summed E-state index contributed by atoms with van der Waals surface area (Å²) in [5.74, 6) is 1.32. The Balaban J connectivity index is 1.20. The third kappa shape index (κ3) is 6.05. The van der Waals surface area contributed by atoms with Crippen LogP contribution in [0.3, 0.4) is 0 Å². The van der Waals surface area contributed by atoms with E-state index in [0.29, 0.717) is 51.1 Å². The maximum Gasteiger partial charge on any atom is 0.251 e. The molecule has 8 heteroatoms. The molecule has 1 fully saturated rings. The molecule has 1 unspecified atom stereocenters. The Labute approximate surface area is 222 Å². The fraction of sp³-hybridized carbons (Fsp3) is 0.429. The van der Waals surface area contributed by atoms with E-state index in [2.05, 4.69) is 17.1 Å². The van der Waals surface area contributed by atoms with Gasteiger partial charge in [-0.1, -0.05) is 29.3 Å². The number of carbonyl (C=O) groups is 2. The van der Waals surface area contributed by atoms with Crippen molar-refractivity contribution < 1.29 is 19.1 Å². The number of carbonyl (C=O) groups excluding carboxylic acids is 2. The number of fused-ring (bicyclic) bond motifs is 1. The molecule has 2 heterocycles. The molecule has 2 aromatic rings. The first kappa shape index (κ1) is 26.5. The number of benzene rings is 2. The maximum atomic E-state index is 12.7. The molecule has 1 N–H and O–H groups in total. The average molecular weight is 531 g/mol. The lowest BCUT2D eigenvalue weighted by molar-refractivity contribution is 0.0889. The van der Waals surface area contributed by atoms with Crippen LogP contribution in [0.5, 0.6) is 11.5 Å². The smallest absolute Gasteiger partial charge is 0.251 e. The minimum Gasteiger partial charge on any atom is -0.493 e. The first-order chi connectivity index (χ1) is 17.2. The number of hydrogen-bond acceptors (Lipinski definition) is 5. The van der Waals surface area contributed by atoms with Gasteiger partial charge in [-0.2, -0.15) is 0 Å². The molecular formula is C28H32Cl2N2O4. The molecule has 2 aliphatic rings. The zero-order chi connectivity index (χ0) is 25.8. The molecule has 2 aliphatic heterocycles. The van der Waals surface area contributed by atoms with Crippen molar-refractivity contribution in [1.82, 2.24) is 10.2 Å². The number of hydrogen-bond donors (Lipinski definition) is 1. The molecule has 0 spiro atoms. The number of nitrogens with zero attached hydrogens (tertiary/aromatic N) is 1. The van der Waals surface area contributed by atoms with Crippen LogP contribution in [-0.2, 0) is 0 Å². The van der Waals surface area contributed by atoms with Crippen LogP contribution < -0.4 is 14.8 Å². The van der Waals surface area contributed by atoms with Crippen molar-refractivity contribution in [2.45, 2.75) is 58.5 Å². The number of likely N-dealkylation sites (tertiary alicyclic amines) is 1. The van der Waals surface area contributed by atoms with E-state index in [9.17, 15) is 9.59 Å². The Kier molecular flexibility index (Phi) is 8.60. The Morgan fingerprint density at radius 2 is 1.92 bits per heavy atom. The number of ketones is 1. The van der Waals surface area contributed by atoms with Gasteiger partial charge in [-0.3, -0.25) is 9.59 Å². The molecule has 0 aliphatic carbocycles. The molecule has 0 radical (unpaired) electrons. The van der Waals surface area contributed by atoms with Crippen LogP contribution in [0.15, 0.2) is 47.7 Å². The summed E-state index contributed by atoms with van der Waals surface area (Å²) in [5, 5.41) is 3.94. The number of ether oxygens (including phenoxy) is 2. The second kappa shape index (κ2) is 11.7. The minimum absolute atomic E-state index is 0.108. The minimum atomic E-state index is -0.120. The topological polar surface area (TPSA) is 67.9 Å². The monoisotopic (exact) mass is 530 g/mol. The van der Waals surface area contributed by atoms with Crippen molar-refractivity contribution in [3.8, 4) is 11.5 Å². The summed E-state index contributed by atoms with van der Waals surface area (Å²) in [6.45, 7) is 8.36. The zero-order valence-corrected chi connectivity index (χ0v) is 22.4. The maximum absolute atomic E-state index is 12.7. The van der Waals surface area contributed by atoms with E-state index >= 15 is 0 Å². The highest BCUT2D eigenvalue weighted by molar-refractivity contribution is 6.42. The van der Waals surface area contributed by atoms with E-state index < -0.39 is 0 Å². The van der Waals surface area contributed by atoms with Gasteiger partial charge in [0.15, 0.2) is 5.76 Å². The summed E-state index contributed by atoms with van der Waals surface area (Å²) in [4.78, 5) is 27.7. The average Bonchev–Trinajstić information content (AvgIpc) is 3.21. The van der Waals surface area contributed by atoms with Crippen LogP contribution in [0, 0.1) is 0 Å². The molecule has 4 rings (SSSR count). The number of halogens is 2. The standard InChI is InChI=1S/C28H32Cl2N2O4/c1-17(2)27-26(33)25-23(7-4-8-24(25)36-27)35-15-5-6-18(3)32-13-11-20(12-14-32)31-28(34)19-9-10-21(29)22(30)16-19/h4,7-10,16,18,20H,5-6,11-15H2,1-3H3,(H,31,34). The first-order valence-corrected chi connectivity index (χ1v) is 13.2. The summed E-state index contributed by atoms with van der Waals surface area (Å²) in [5.41, 5.74) is 1.90. The van der Waals surface area contributed by atoms with Gasteiger partial charge in [0.05, 0.1) is 16.7 Å². The van der Waals surface area contributed by atoms with E-state index in [4.69, 9.17) is 32.7 Å². The van der Waals surface area contributed by atoms with E-state index in [1.807, 2.05) is 26.0 Å². The SMILES string of the molecule is CC(C)=C1Oc2cccc(OCCCC(C)N3CCC(NC(=O)c4ccc(Cl)c(Cl)c4)CC3)c2C1=O. The van der Waals surface area contributed by atoms with Crippen molar-refractivity contribution in [2.75, 3.05) is 19.7 Å². The van der Waals surface area contributed by atoms with Gasteiger partial charge in [-0.25, -0.2) is 0 Å². The molecular weight excluding hydrogens is 499 g/mol. The molecule has 0 aromatic heterocycles. The largest absolute Gasteiger partial charge is 0.493 e. The summed E-state index contributed by atoms with van der Waals surface area (Å²) in [6.07, 6.45) is 3.67. The Bertz CT molecular complexity index is 1170. The molecule has 0 bridgehead atoms. The van der Waals surface area contributed by atoms with Crippen molar-refractivity contribution in [3.63, 3.8) is 0 Å². The van der Waals surface area contributed by atoms with Crippen molar-refractivity contribution in [3.05, 3.63) is 68.9 Å². The molecule has 192 valence electrons. The van der Waals surface area contributed by atoms with Gasteiger partial charge < -0.3 is 19.7 Å². The van der Waals surface area contributed by atoms with E-state index in [1.165, 1.54) is 0 Å². The van der Waals surface area contributed by atoms with Gasteiger partial charge in [0.1, 0.15) is 17.1 Å². The quantitative estimate of drug-likeness (QED) is 0.320. The van der Waals surface area contributed by atoms with Crippen molar-refractivity contribution in [2.24, 2.45) is 0 Å². The lowest BCUT2D eigenvalue weighted by atomic mass is 10.0. The van der Waals surface area contributed by atoms with Gasteiger partial charge in [0, 0.05) is 30.7 Å². The second-order valence-corrected chi connectivity index (χ2v) is 10.5. The number of Topliss-reactive ketones (excluding diaryl/α,β-unsaturated/α-hetero) is 1. The molecule has 0 saturated carbocycles. The fourth-order valence-electron chi connectivity index (χ4n) is 4.67. The highest BCUT2D eigenvalue weighted by atomic mass is 35.5. The van der Waals surface area contributed by atoms with Crippen LogP contribution in [0.25, 0.3) is 0 Å². The number of allylic oxidation sites excluding steroid dienone is 2. The van der Waals surface area contributed by atoms with Gasteiger partial charge in [-0.15, -0.1) is 0 Å². The summed E-state index contributed by atoms with van der Waals surface area (Å²) >= 11 is 12.0. The third-order valence-corrected chi connectivity index (χ3v) is 7.52. The number of amides is 1. The van der Waals surface area contributed by atoms with Crippen LogP contribution in [-0.4, -0.2) is 48.4 Å². The predicted molar refractivity (Wildman–Crippen MR) is 142 cm³/mol. The van der Waals surface area contributed by atoms with Gasteiger partial charge in [0.2, 0.25) is 5.78 Å². The highest BCUT2D eigenvalue weighted by Gasteiger charge is 2.31. The van der Waals surface area contributed by atoms with Gasteiger partial charge in [0.25, 0.3) is 5.91 Å². The summed E-state index contributed by atoms with van der Waals surface area (Å²) < 4.78 is 11.7. The van der Waals surface area contributed by atoms with Crippen LogP contribution >= 0.6 is 23.2 Å². The van der Waals surface area contributed by atoms with Crippen molar-refractivity contribution >= 4 is 34.9 Å². The van der Waals surface area contributed by atoms with Crippen molar-refractivity contribution in [1.29, 1.82) is 0 Å². The van der Waals surface area contributed by atoms with Crippen LogP contribution in [0.4, 0.5) is 0 Å². The number of piperidine rings is 1. The van der Waals surface area contributed by atoms with E-state index in [0.717, 1.165) is 44.3 Å². The highest BCUT2D eigenvalue weighted by Crippen LogP contribution is 2.38. The number of nitrogens with one attached hydrogen (secondary N) is 1. The molecule has 1 amide bonds. The lowest BCUT2D eigenvalue weighted by Gasteiger charge is -2.36. The lowest BCUT2D eigenvalue weighted by Crippen LogP contribution is -2.47. The molecule has 36 heavy (non-hydrogen) atoms. The van der Waals surface area contributed by atoms with Crippen LogP contribution in [0.2, 0.25) is 10.0 Å². The second-order valence-electron chi connectivity index (χ2n) is 9.64. The zero-order valence-electron chi connectivity index (χ0n) is 20.9. The van der Waals surface area contributed by atoms with Gasteiger partial charge in [-0.05, 0) is 82.4 Å². The molecule has 1 saturated heterocycles. The van der Waals surface area contributed by atoms with E-state index in [-0.39, 0.29) is 17.7 Å². The number of rotatable bonds is 8. The normalized spacial score (nSPS) is 16.9. The first-order valence-electron chi connectivity index (χ1n) is 12.4. The van der Waals surface area contributed by atoms with E-state index in [1.54, 1.807) is 24.3 Å². The fourth-order valence-corrected chi connectivity index (χ4v) is 4.97. The summed E-state index contributed by atoms with van der Waals surface area (Å²) in [6, 6.07) is 11.0. The van der Waals surface area contributed by atoms with Crippen LogP contribution in [0.1, 0.15) is 67.2 Å². The Hall–Kier alpha value is -2.54. The Morgan fingerprint density at radius 3 is 2.61 bits per heavy atom. The molecule has 2 aromatic carbocycles. The predicted octanol–water partition coefficient (Wildman–Crippen LogP) is 6.30.